The van der Waals surface area contributed by atoms with E-state index in [-0.39, 0.29) is 48.6 Å². The van der Waals surface area contributed by atoms with E-state index >= 15 is 0 Å². The third-order valence-corrected chi connectivity index (χ3v) is 19.9. The number of aromatic nitrogens is 4. The first-order chi connectivity index (χ1) is 39.3. The molecule has 5 aromatic rings. The molecule has 0 radical (unpaired) electrons. The van der Waals surface area contributed by atoms with Crippen molar-refractivity contribution in [2.75, 3.05) is 94.1 Å². The molecule has 5 N–H and O–H groups in total. The number of aromatic hydroxyl groups is 1. The lowest BCUT2D eigenvalue weighted by atomic mass is 9.86. The number of aliphatic hydroxyl groups is 1. The largest absolute Gasteiger partial charge is 0.507 e. The quantitative estimate of drug-likeness (QED) is 0.0761. The number of para-hydroxylation sites is 1. The topological polar surface area (TPSA) is 215 Å². The fraction of sp³-hybridized carbons (Fsp3) is 0.607. The number of carbonyl (C=O) groups excluding carboxylic acids is 2. The van der Waals surface area contributed by atoms with Gasteiger partial charge in [0.25, 0.3) is 0 Å². The number of likely N-dealkylation sites (tertiary alicyclic amines) is 2. The van der Waals surface area contributed by atoms with Gasteiger partial charge in [-0.05, 0) is 106 Å². The van der Waals surface area contributed by atoms with Crippen molar-refractivity contribution in [3.05, 3.63) is 83.2 Å². The van der Waals surface area contributed by atoms with Crippen molar-refractivity contribution in [1.82, 2.24) is 45.3 Å². The van der Waals surface area contributed by atoms with Crippen molar-refractivity contribution < 1.29 is 33.8 Å². The molecule has 81 heavy (non-hydrogen) atoms. The van der Waals surface area contributed by atoms with Gasteiger partial charge in [0.05, 0.1) is 64.5 Å². The number of fused-ring (bicyclic) bond motifs is 2. The molecule has 3 aromatic heterocycles. The average molecular weight is 1130 g/mol. The Hall–Kier alpha value is -5.74. The number of hydrogen-bond acceptors (Lipinski definition) is 18. The van der Waals surface area contributed by atoms with E-state index in [4.69, 9.17) is 19.7 Å². The van der Waals surface area contributed by atoms with Gasteiger partial charge in [0, 0.05) is 108 Å². The van der Waals surface area contributed by atoms with Crippen molar-refractivity contribution in [2.45, 2.75) is 146 Å². The Morgan fingerprint density at radius 2 is 1.59 bits per heavy atom. The molecule has 7 fully saturated rings. The van der Waals surface area contributed by atoms with E-state index in [2.05, 4.69) is 50.2 Å². The molecular formula is C61H82N12O7S. The zero-order chi connectivity index (χ0) is 55.9. The molecule has 6 saturated heterocycles. The number of phenolic OH excluding ortho intramolecular Hbond substituents is 1. The fourth-order valence-electron chi connectivity index (χ4n) is 14.2. The molecule has 1 aliphatic carbocycles. The summed E-state index contributed by atoms with van der Waals surface area (Å²) < 4.78 is 19.2. The van der Waals surface area contributed by atoms with Gasteiger partial charge < -0.3 is 54.9 Å². The van der Waals surface area contributed by atoms with Crippen LogP contribution in [0.3, 0.4) is 0 Å². The van der Waals surface area contributed by atoms with Crippen LogP contribution in [0.2, 0.25) is 0 Å². The van der Waals surface area contributed by atoms with Crippen molar-refractivity contribution in [3.63, 3.8) is 0 Å². The first-order valence-electron chi connectivity index (χ1n) is 29.9. The predicted molar refractivity (Wildman–Crippen MR) is 312 cm³/mol. The minimum Gasteiger partial charge on any atom is -0.507 e. The molecule has 6 aliphatic heterocycles. The van der Waals surface area contributed by atoms with E-state index in [0.717, 1.165) is 157 Å². The molecule has 12 rings (SSSR count). The number of ether oxygens (including phenoxy) is 2. The van der Waals surface area contributed by atoms with E-state index in [1.165, 1.54) is 0 Å². The smallest absolute Gasteiger partial charge is 0.243 e. The lowest BCUT2D eigenvalue weighted by Crippen LogP contribution is -2.60. The number of morpholine rings is 1. The summed E-state index contributed by atoms with van der Waals surface area (Å²) in [5.41, 5.74) is 13.5. The van der Waals surface area contributed by atoms with Crippen LogP contribution >= 0.6 is 11.3 Å². The average Bonchev–Trinajstić information content (AvgIpc) is 4.46. The Labute approximate surface area is 480 Å². The highest BCUT2D eigenvalue weighted by Crippen LogP contribution is 2.40. The maximum Gasteiger partial charge on any atom is 0.243 e. The van der Waals surface area contributed by atoms with Gasteiger partial charge in [-0.25, -0.2) is 4.98 Å². The number of nitrogens with one attached hydrogen (secondary N) is 1. The Kier molecular flexibility index (Phi) is 16.7. The van der Waals surface area contributed by atoms with Crippen LogP contribution in [0.15, 0.2) is 70.7 Å². The molecule has 2 amide bonds. The van der Waals surface area contributed by atoms with Crippen molar-refractivity contribution in [1.29, 1.82) is 0 Å². The molecule has 7 atom stereocenters. The number of benzene rings is 2. The summed E-state index contributed by atoms with van der Waals surface area (Å²) in [4.78, 5) is 48.0. The number of phenols is 1. The van der Waals surface area contributed by atoms with Crippen LogP contribution in [-0.4, -0.2) is 189 Å². The molecule has 9 heterocycles. The Bertz CT molecular complexity index is 2940. The van der Waals surface area contributed by atoms with Crippen molar-refractivity contribution in [3.8, 4) is 27.4 Å². The predicted octanol–water partition coefficient (Wildman–Crippen LogP) is 6.71. The molecule has 19 nitrogen and oxygen atoms in total. The lowest BCUT2D eigenvalue weighted by molar-refractivity contribution is -0.141. The molecule has 1 saturated carbocycles. The number of nitrogens with two attached hydrogens (primary N) is 1. The van der Waals surface area contributed by atoms with E-state index < -0.39 is 18.1 Å². The van der Waals surface area contributed by atoms with E-state index in [9.17, 15) is 19.8 Å². The highest BCUT2D eigenvalue weighted by atomic mass is 32.1. The summed E-state index contributed by atoms with van der Waals surface area (Å²) in [5.74, 6) is 1.18. The highest BCUT2D eigenvalue weighted by molar-refractivity contribution is 7.13. The maximum absolute atomic E-state index is 14.4. The number of aliphatic hydroxyl groups excluding tert-OH is 1. The van der Waals surface area contributed by atoms with Crippen LogP contribution in [0.4, 0.5) is 17.3 Å². The first-order valence-corrected chi connectivity index (χ1v) is 30.8. The molecule has 1 unspecified atom stereocenters. The van der Waals surface area contributed by atoms with Gasteiger partial charge in [-0.3, -0.25) is 19.4 Å². The minimum atomic E-state index is -0.797. The fourth-order valence-corrected chi connectivity index (χ4v) is 15.0. The summed E-state index contributed by atoms with van der Waals surface area (Å²) >= 11 is 1.60. The third-order valence-electron chi connectivity index (χ3n) is 18.9. The number of amides is 2. The van der Waals surface area contributed by atoms with Crippen LogP contribution in [0.1, 0.15) is 108 Å². The lowest BCUT2D eigenvalue weighted by Gasteiger charge is -2.48. The van der Waals surface area contributed by atoms with Gasteiger partial charge in [0.15, 0.2) is 17.4 Å². The Morgan fingerprint density at radius 3 is 2.31 bits per heavy atom. The molecular weight excluding hydrogens is 1040 g/mol. The maximum atomic E-state index is 14.4. The number of thiazole rings is 1. The zero-order valence-electron chi connectivity index (χ0n) is 47.5. The number of rotatable bonds is 17. The van der Waals surface area contributed by atoms with Gasteiger partial charge in [0.2, 0.25) is 11.8 Å². The molecule has 434 valence electrons. The van der Waals surface area contributed by atoms with Crippen LogP contribution in [-0.2, 0) is 19.1 Å². The monoisotopic (exact) mass is 1130 g/mol. The summed E-state index contributed by atoms with van der Waals surface area (Å²) in [6.07, 6.45) is 9.07. The summed E-state index contributed by atoms with van der Waals surface area (Å²) in [7, 11) is 0. The van der Waals surface area contributed by atoms with E-state index in [0.29, 0.717) is 59.1 Å². The third kappa shape index (κ3) is 12.2. The molecule has 2 aromatic carbocycles. The van der Waals surface area contributed by atoms with Crippen LogP contribution in [0.25, 0.3) is 21.7 Å². The number of nitrogens with zero attached hydrogens (tertiary/aromatic N) is 10. The second kappa shape index (κ2) is 24.2. The number of β-amino-alcohol motifs (C(OH)–C–C–N with tert-alkyl or cyclic N) is 1. The number of hydrogen-bond donors (Lipinski definition) is 4. The molecule has 7 aliphatic rings. The number of nitrogen functional groups attached to an aromatic ring is 1. The zero-order valence-corrected chi connectivity index (χ0v) is 48.3. The summed E-state index contributed by atoms with van der Waals surface area (Å²) in [6, 6.07) is 19.6. The minimum absolute atomic E-state index is 0.0908. The van der Waals surface area contributed by atoms with Gasteiger partial charge in [-0.2, -0.15) is 0 Å². The molecule has 2 bridgehead atoms. The van der Waals surface area contributed by atoms with Crippen LogP contribution in [0, 0.1) is 18.8 Å². The summed E-state index contributed by atoms with van der Waals surface area (Å²) in [6.45, 7) is 18.4. The van der Waals surface area contributed by atoms with Gasteiger partial charge in [-0.15, -0.1) is 21.5 Å². The SMILES string of the molecule is Cc1ncsc1-c1ccc([C@H](C)NC(=O)[C@@H]2C[C@@H](O)CN2C(=O)[C@@H](c2cc(N3CCC(CN4CCC(OC5CC(N6CCO[C@H](CN7C8CC[C@@H]7CN(c7cc(-c9ccccc9O)nnc7N)C8)C6)C5)CC4)CC3)no2)C(C)C)cc1. The normalized spacial score (nSPS) is 27.0. The molecule has 0 spiro atoms. The van der Waals surface area contributed by atoms with Crippen molar-refractivity contribution in [2.24, 2.45) is 11.8 Å². The number of anilines is 3. The number of piperidine rings is 2. The van der Waals surface area contributed by atoms with E-state index in [1.807, 2.05) is 81.7 Å². The number of piperazine rings is 1. The van der Waals surface area contributed by atoms with Crippen LogP contribution < -0.4 is 20.9 Å². The van der Waals surface area contributed by atoms with Gasteiger partial charge >= 0.3 is 0 Å². The van der Waals surface area contributed by atoms with Crippen LogP contribution in [0.5, 0.6) is 5.75 Å². The van der Waals surface area contributed by atoms with Crippen molar-refractivity contribution >= 4 is 40.5 Å². The van der Waals surface area contributed by atoms with Gasteiger partial charge in [0.1, 0.15) is 17.7 Å². The summed E-state index contributed by atoms with van der Waals surface area (Å²) in [5, 5.41) is 37.5. The Morgan fingerprint density at radius 1 is 0.840 bits per heavy atom. The first kappa shape index (κ1) is 55.8. The van der Waals surface area contributed by atoms with Gasteiger partial charge in [-0.1, -0.05) is 55.4 Å². The van der Waals surface area contributed by atoms with E-state index in [1.54, 1.807) is 28.4 Å². The Balaban J connectivity index is 0.554. The number of carbonyl (C=O) groups is 2. The number of aryl methyl sites for hydroxylation is 1. The standard InChI is InChI=1S/C61H82N12O7S/c1-37(2)57(61(77)73-33-46(74)27-53(73)60(76)64-38(3)41-9-11-42(12-10-41)58-39(4)63-36-81-58)55-29-56(67-80-55)69-21-15-40(16-22-69)30-68-19-17-47(18-20-68)79-48-25-45(26-48)70-23-24-78-49(34-70)35-72-43-13-14-44(72)32-71(31-43)52-28-51(65-66-59(52)62)50-7-5-6-8-54(50)75/h5-12,28-29,36-38,40,43-49,53,57,74-75H,13-27,30-35H2,1-4H3,(H2,62,66)(H,64,76)/t38-,43+,44?,45?,46+,48?,49-,53-,57+/m0/s1. The second-order valence-corrected chi connectivity index (χ2v) is 25.5. The molecule has 20 heteroatoms. The highest BCUT2D eigenvalue weighted by Gasteiger charge is 2.46. The second-order valence-electron chi connectivity index (χ2n) is 24.6.